The molecule has 0 heterocycles. The Kier molecular flexibility index (Phi) is 7.05. The van der Waals surface area contributed by atoms with Crippen molar-refractivity contribution in [3.05, 3.63) is 11.7 Å². The Morgan fingerprint density at radius 3 is 2.00 bits per heavy atom. The molecule has 0 aliphatic heterocycles. The van der Waals surface area contributed by atoms with Crippen molar-refractivity contribution in [2.45, 2.75) is 51.2 Å². The van der Waals surface area contributed by atoms with E-state index in [1.165, 1.54) is 0 Å². The summed E-state index contributed by atoms with van der Waals surface area (Å²) in [5.74, 6) is 0. The van der Waals surface area contributed by atoms with E-state index in [2.05, 4.69) is 0 Å². The molecule has 0 aromatic carbocycles. The van der Waals surface area contributed by atoms with Gasteiger partial charge in [0.05, 0.1) is 5.57 Å². The first-order valence-electron chi connectivity index (χ1n) is 5.73. The van der Waals surface area contributed by atoms with Gasteiger partial charge in [-0.1, -0.05) is 20.8 Å². The monoisotopic (exact) mass is 290 g/mol. The van der Waals surface area contributed by atoms with Gasteiger partial charge in [-0.05, 0) is 24.3 Å². The average Bonchev–Trinajstić information content (AvgIpc) is 2.11. The number of unbranched alkanes of at least 4 members (excludes halogenated alkanes) is 1. The van der Waals surface area contributed by atoms with Gasteiger partial charge in [-0.3, -0.25) is 0 Å². The Morgan fingerprint density at radius 1 is 1.06 bits per heavy atom. The van der Waals surface area contributed by atoms with E-state index in [1.807, 2.05) is 20.8 Å². The Morgan fingerprint density at radius 2 is 1.61 bits per heavy atom. The second kappa shape index (κ2) is 7.23. The Bertz CT molecular complexity index is 276. The van der Waals surface area contributed by atoms with Gasteiger partial charge in [-0.25, -0.2) is 0 Å². The molecule has 0 atom stereocenters. The van der Waals surface area contributed by atoms with Gasteiger partial charge in [0.15, 0.2) is 9.76 Å². The van der Waals surface area contributed by atoms with Crippen molar-refractivity contribution in [1.29, 1.82) is 0 Å². The molecule has 0 aromatic heterocycles. The molecule has 0 unspecified atom stereocenters. The molecule has 0 fully saturated rings. The summed E-state index contributed by atoms with van der Waals surface area (Å²) in [6, 6.07) is 0. The van der Waals surface area contributed by atoms with E-state index >= 15 is 0 Å². The lowest BCUT2D eigenvalue weighted by atomic mass is 10.1. The maximum absolute atomic E-state index is 12.1. The van der Waals surface area contributed by atoms with E-state index < -0.39 is 34.0 Å². The summed E-state index contributed by atoms with van der Waals surface area (Å²) in [6.07, 6.45) is -7.78. The van der Waals surface area contributed by atoms with Gasteiger partial charge in [0.25, 0.3) is 6.08 Å². The van der Waals surface area contributed by atoms with E-state index in [0.29, 0.717) is 13.0 Å². The second-order valence-electron chi connectivity index (χ2n) is 5.31. The molecule has 0 saturated heterocycles. The van der Waals surface area contributed by atoms with Crippen LogP contribution in [0, 0.1) is 0 Å². The standard InChI is InChI=1S/C11H19F5OSi/c1-10(2,3)18-17-7-5-4-6-8(9(12)13)11(14,15)16/h4-7,18H2,1-3H3. The SMILES string of the molecule is CC(C)(C)[SiH2]OCCCCC(=C(F)F)C(F)(F)F. The van der Waals surface area contributed by atoms with E-state index in [4.69, 9.17) is 4.43 Å². The Hall–Kier alpha value is -0.433. The molecule has 18 heavy (non-hydrogen) atoms. The van der Waals surface area contributed by atoms with Crippen LogP contribution >= 0.6 is 0 Å². The van der Waals surface area contributed by atoms with Gasteiger partial charge in [-0.2, -0.15) is 22.0 Å². The zero-order valence-corrected chi connectivity index (χ0v) is 12.2. The topological polar surface area (TPSA) is 9.23 Å². The Labute approximate surface area is 106 Å². The minimum atomic E-state index is -4.93. The summed E-state index contributed by atoms with van der Waals surface area (Å²) < 4.78 is 65.9. The highest BCUT2D eigenvalue weighted by molar-refractivity contribution is 6.31. The van der Waals surface area contributed by atoms with Gasteiger partial charge in [0, 0.05) is 6.61 Å². The molecular formula is C11H19F5OSi. The molecule has 0 radical (unpaired) electrons. The molecule has 0 rings (SSSR count). The van der Waals surface area contributed by atoms with Gasteiger partial charge < -0.3 is 4.43 Å². The molecule has 0 spiro atoms. The third-order valence-electron chi connectivity index (χ3n) is 2.07. The minimum Gasteiger partial charge on any atom is -0.423 e. The normalized spacial score (nSPS) is 13.3. The lowest BCUT2D eigenvalue weighted by Crippen LogP contribution is -2.14. The van der Waals surface area contributed by atoms with Crippen molar-refractivity contribution in [3.8, 4) is 0 Å². The highest BCUT2D eigenvalue weighted by Gasteiger charge is 2.36. The largest absolute Gasteiger partial charge is 0.423 e. The lowest BCUT2D eigenvalue weighted by Gasteiger charge is -2.17. The van der Waals surface area contributed by atoms with Gasteiger partial charge in [-0.15, -0.1) is 0 Å². The molecule has 0 amide bonds. The van der Waals surface area contributed by atoms with Crippen molar-refractivity contribution < 1.29 is 26.4 Å². The Balaban J connectivity index is 3.88. The summed E-state index contributed by atoms with van der Waals surface area (Å²) in [5, 5.41) is 0.127. The number of hydrogen-bond acceptors (Lipinski definition) is 1. The quantitative estimate of drug-likeness (QED) is 0.405. The molecule has 0 bridgehead atoms. The molecule has 0 aromatic rings. The number of hydrogen-bond donors (Lipinski definition) is 0. The van der Waals surface area contributed by atoms with Crippen LogP contribution in [0.1, 0.15) is 40.0 Å². The zero-order chi connectivity index (χ0) is 14.4. The van der Waals surface area contributed by atoms with E-state index in [9.17, 15) is 22.0 Å². The number of rotatable bonds is 6. The predicted octanol–water partition coefficient (Wildman–Crippen LogP) is 4.19. The first-order chi connectivity index (χ1) is 8.04. The first kappa shape index (κ1) is 17.6. The van der Waals surface area contributed by atoms with Crippen molar-refractivity contribution in [2.24, 2.45) is 0 Å². The average molecular weight is 290 g/mol. The fourth-order valence-corrected chi connectivity index (χ4v) is 2.19. The lowest BCUT2D eigenvalue weighted by molar-refractivity contribution is -0.0978. The highest BCUT2D eigenvalue weighted by Crippen LogP contribution is 2.33. The molecule has 108 valence electrons. The van der Waals surface area contributed by atoms with Crippen molar-refractivity contribution in [1.82, 2.24) is 0 Å². The van der Waals surface area contributed by atoms with Crippen molar-refractivity contribution in [2.75, 3.05) is 6.61 Å². The zero-order valence-electron chi connectivity index (χ0n) is 10.8. The minimum absolute atomic E-state index is 0.0602. The summed E-state index contributed by atoms with van der Waals surface area (Å²) in [7, 11) is -0.723. The van der Waals surface area contributed by atoms with Crippen LogP contribution in [0.15, 0.2) is 11.7 Å². The van der Waals surface area contributed by atoms with Crippen LogP contribution in [0.25, 0.3) is 0 Å². The van der Waals surface area contributed by atoms with Crippen LogP contribution in [0.4, 0.5) is 22.0 Å². The molecule has 0 saturated carbocycles. The van der Waals surface area contributed by atoms with Crippen LogP contribution in [-0.2, 0) is 4.43 Å². The summed E-state index contributed by atoms with van der Waals surface area (Å²) >= 11 is 0. The van der Waals surface area contributed by atoms with Crippen LogP contribution in [-0.4, -0.2) is 22.5 Å². The molecule has 0 aliphatic carbocycles. The van der Waals surface area contributed by atoms with E-state index in [0.717, 1.165) is 0 Å². The second-order valence-corrected chi connectivity index (χ2v) is 8.13. The van der Waals surface area contributed by atoms with Crippen LogP contribution < -0.4 is 0 Å². The molecule has 0 N–H and O–H groups in total. The van der Waals surface area contributed by atoms with Crippen LogP contribution in [0.3, 0.4) is 0 Å². The maximum Gasteiger partial charge on any atom is 0.417 e. The fraction of sp³-hybridized carbons (Fsp3) is 0.818. The van der Waals surface area contributed by atoms with Crippen LogP contribution in [0.2, 0.25) is 5.04 Å². The third kappa shape index (κ3) is 8.63. The van der Waals surface area contributed by atoms with Gasteiger partial charge >= 0.3 is 6.18 Å². The maximum atomic E-state index is 12.1. The molecule has 0 aliphatic rings. The number of halogens is 5. The predicted molar refractivity (Wildman–Crippen MR) is 63.4 cm³/mol. The van der Waals surface area contributed by atoms with Crippen molar-refractivity contribution >= 4 is 9.76 Å². The summed E-state index contributed by atoms with van der Waals surface area (Å²) in [6.45, 7) is 6.44. The van der Waals surface area contributed by atoms with Crippen molar-refractivity contribution in [3.63, 3.8) is 0 Å². The van der Waals surface area contributed by atoms with Gasteiger partial charge in [0.2, 0.25) is 0 Å². The number of alkyl halides is 3. The third-order valence-corrected chi connectivity index (χ3v) is 3.43. The summed E-state index contributed by atoms with van der Waals surface area (Å²) in [5.41, 5.74) is -1.71. The highest BCUT2D eigenvalue weighted by atomic mass is 28.2. The fourth-order valence-electron chi connectivity index (χ4n) is 1.23. The van der Waals surface area contributed by atoms with E-state index in [-0.39, 0.29) is 11.5 Å². The van der Waals surface area contributed by atoms with E-state index in [1.54, 1.807) is 0 Å². The number of allylic oxidation sites excluding steroid dienone is 1. The van der Waals surface area contributed by atoms with Crippen LogP contribution in [0.5, 0.6) is 0 Å². The first-order valence-corrected chi connectivity index (χ1v) is 7.01. The molecule has 7 heteroatoms. The smallest absolute Gasteiger partial charge is 0.417 e. The molecule has 1 nitrogen and oxygen atoms in total. The molecular weight excluding hydrogens is 271 g/mol. The van der Waals surface area contributed by atoms with Gasteiger partial charge in [0.1, 0.15) is 0 Å². The summed E-state index contributed by atoms with van der Waals surface area (Å²) in [4.78, 5) is 0.